The van der Waals surface area contributed by atoms with E-state index in [1.807, 2.05) is 0 Å². The molecule has 0 atom stereocenters. The molecule has 0 aliphatic rings. The summed E-state index contributed by atoms with van der Waals surface area (Å²) in [6, 6.07) is 12.5. The number of hydrogen-bond acceptors (Lipinski definition) is 6. The smallest absolute Gasteiger partial charge is 0.278 e. The van der Waals surface area contributed by atoms with Gasteiger partial charge in [0, 0.05) is 18.7 Å². The predicted octanol–water partition coefficient (Wildman–Crippen LogP) is 2.08. The van der Waals surface area contributed by atoms with Gasteiger partial charge in [0.2, 0.25) is 5.91 Å². The van der Waals surface area contributed by atoms with E-state index in [1.54, 1.807) is 36.4 Å². The van der Waals surface area contributed by atoms with E-state index in [4.69, 9.17) is 4.74 Å². The standard InChI is InChI=1S/C17H16N4O5/c1-12(22)19-14-6-8-15(9-7-14)26-11-17(23)20-18-10-13-4-2-3-5-16(13)21(24)25/h2-10H,11H2,1H3,(H,19,22)(H,20,23)/b18-10+. The first-order valence-electron chi connectivity index (χ1n) is 7.51. The summed E-state index contributed by atoms with van der Waals surface area (Å²) < 4.78 is 5.29. The summed E-state index contributed by atoms with van der Waals surface area (Å²) >= 11 is 0. The molecule has 0 saturated carbocycles. The summed E-state index contributed by atoms with van der Waals surface area (Å²) in [4.78, 5) is 33.0. The van der Waals surface area contributed by atoms with Crippen LogP contribution in [0.2, 0.25) is 0 Å². The van der Waals surface area contributed by atoms with Gasteiger partial charge in [-0.15, -0.1) is 0 Å². The van der Waals surface area contributed by atoms with Gasteiger partial charge in [-0.2, -0.15) is 5.10 Å². The topological polar surface area (TPSA) is 123 Å². The third-order valence-corrected chi connectivity index (χ3v) is 3.07. The zero-order valence-electron chi connectivity index (χ0n) is 13.8. The maximum atomic E-state index is 11.7. The van der Waals surface area contributed by atoms with Gasteiger partial charge < -0.3 is 10.1 Å². The number of nitro groups is 1. The van der Waals surface area contributed by atoms with Crippen molar-refractivity contribution in [2.45, 2.75) is 6.92 Å². The van der Waals surface area contributed by atoms with Gasteiger partial charge in [0.1, 0.15) is 5.75 Å². The highest BCUT2D eigenvalue weighted by Gasteiger charge is 2.10. The second-order valence-electron chi connectivity index (χ2n) is 5.10. The highest BCUT2D eigenvalue weighted by molar-refractivity contribution is 5.88. The van der Waals surface area contributed by atoms with E-state index in [-0.39, 0.29) is 23.8 Å². The van der Waals surface area contributed by atoms with Gasteiger partial charge in [-0.05, 0) is 30.3 Å². The second kappa shape index (κ2) is 8.92. The van der Waals surface area contributed by atoms with Crippen LogP contribution in [0.1, 0.15) is 12.5 Å². The SMILES string of the molecule is CC(=O)Nc1ccc(OCC(=O)N/N=C/c2ccccc2[N+](=O)[O-])cc1. The molecular weight excluding hydrogens is 340 g/mol. The van der Waals surface area contributed by atoms with E-state index in [1.165, 1.54) is 25.3 Å². The number of nitrogens with one attached hydrogen (secondary N) is 2. The van der Waals surface area contributed by atoms with Crippen LogP contribution in [0.25, 0.3) is 0 Å². The molecule has 26 heavy (non-hydrogen) atoms. The van der Waals surface area contributed by atoms with Crippen LogP contribution in [-0.2, 0) is 9.59 Å². The first-order chi connectivity index (χ1) is 12.5. The molecule has 0 spiro atoms. The van der Waals surface area contributed by atoms with Gasteiger partial charge in [-0.1, -0.05) is 12.1 Å². The van der Waals surface area contributed by atoms with Crippen LogP contribution < -0.4 is 15.5 Å². The third kappa shape index (κ3) is 5.71. The Labute approximate surface area is 148 Å². The van der Waals surface area contributed by atoms with Crippen molar-refractivity contribution in [3.63, 3.8) is 0 Å². The minimum Gasteiger partial charge on any atom is -0.484 e. The zero-order chi connectivity index (χ0) is 18.9. The van der Waals surface area contributed by atoms with Crippen LogP contribution >= 0.6 is 0 Å². The Morgan fingerprint density at radius 3 is 2.54 bits per heavy atom. The van der Waals surface area contributed by atoms with Crippen molar-refractivity contribution in [1.29, 1.82) is 0 Å². The van der Waals surface area contributed by atoms with E-state index in [0.717, 1.165) is 0 Å². The van der Waals surface area contributed by atoms with Crippen LogP contribution in [0, 0.1) is 10.1 Å². The average Bonchev–Trinajstić information content (AvgIpc) is 2.61. The van der Waals surface area contributed by atoms with Crippen LogP contribution in [0.5, 0.6) is 5.75 Å². The lowest BCUT2D eigenvalue weighted by Crippen LogP contribution is -2.24. The Bertz CT molecular complexity index is 833. The van der Waals surface area contributed by atoms with Gasteiger partial charge in [-0.25, -0.2) is 5.43 Å². The number of carbonyl (C=O) groups is 2. The van der Waals surface area contributed by atoms with Crippen LogP contribution in [0.15, 0.2) is 53.6 Å². The van der Waals surface area contributed by atoms with E-state index in [9.17, 15) is 19.7 Å². The van der Waals surface area contributed by atoms with Gasteiger partial charge in [0.25, 0.3) is 11.6 Å². The number of para-hydroxylation sites is 1. The molecule has 0 aromatic heterocycles. The molecule has 2 N–H and O–H groups in total. The number of anilines is 1. The lowest BCUT2D eigenvalue weighted by molar-refractivity contribution is -0.385. The molecule has 134 valence electrons. The molecule has 0 heterocycles. The maximum absolute atomic E-state index is 11.7. The molecule has 0 bridgehead atoms. The predicted molar refractivity (Wildman–Crippen MR) is 95.1 cm³/mol. The Balaban J connectivity index is 1.84. The molecular formula is C17H16N4O5. The van der Waals surface area contributed by atoms with E-state index >= 15 is 0 Å². The number of nitro benzene ring substituents is 1. The van der Waals surface area contributed by atoms with Gasteiger partial charge in [-0.3, -0.25) is 19.7 Å². The van der Waals surface area contributed by atoms with Crippen LogP contribution in [-0.4, -0.2) is 29.6 Å². The number of benzene rings is 2. The molecule has 0 fully saturated rings. The van der Waals surface area contributed by atoms with E-state index < -0.39 is 10.8 Å². The van der Waals surface area contributed by atoms with Crippen molar-refractivity contribution < 1.29 is 19.2 Å². The van der Waals surface area contributed by atoms with Crippen molar-refractivity contribution in [3.8, 4) is 5.75 Å². The first-order valence-corrected chi connectivity index (χ1v) is 7.51. The Morgan fingerprint density at radius 2 is 1.88 bits per heavy atom. The van der Waals surface area contributed by atoms with Gasteiger partial charge in [0.15, 0.2) is 6.61 Å². The molecule has 2 aromatic carbocycles. The highest BCUT2D eigenvalue weighted by Crippen LogP contribution is 2.16. The molecule has 9 heteroatoms. The number of hydrazone groups is 1. The largest absolute Gasteiger partial charge is 0.484 e. The number of ether oxygens (including phenoxy) is 1. The van der Waals surface area contributed by atoms with E-state index in [0.29, 0.717) is 11.4 Å². The van der Waals surface area contributed by atoms with Gasteiger partial charge >= 0.3 is 0 Å². The van der Waals surface area contributed by atoms with Crippen molar-refractivity contribution >= 4 is 29.4 Å². The van der Waals surface area contributed by atoms with Crippen molar-refractivity contribution in [3.05, 3.63) is 64.2 Å². The highest BCUT2D eigenvalue weighted by atomic mass is 16.6. The number of rotatable bonds is 7. The summed E-state index contributed by atoms with van der Waals surface area (Å²) in [5.74, 6) is -0.266. The first kappa shape index (κ1) is 18.6. The maximum Gasteiger partial charge on any atom is 0.278 e. The Kier molecular flexibility index (Phi) is 6.38. The lowest BCUT2D eigenvalue weighted by atomic mass is 10.2. The molecule has 0 aliphatic heterocycles. The molecule has 2 rings (SSSR count). The molecule has 0 unspecified atom stereocenters. The summed E-state index contributed by atoms with van der Waals surface area (Å²) in [6.45, 7) is 1.12. The molecule has 0 aliphatic carbocycles. The average molecular weight is 356 g/mol. The van der Waals surface area contributed by atoms with E-state index in [2.05, 4.69) is 15.8 Å². The number of carbonyl (C=O) groups excluding carboxylic acids is 2. The summed E-state index contributed by atoms with van der Waals surface area (Å²) in [5, 5.41) is 17.2. The van der Waals surface area contributed by atoms with Gasteiger partial charge in [0.05, 0.1) is 16.7 Å². The fourth-order valence-corrected chi connectivity index (χ4v) is 1.96. The summed E-state index contributed by atoms with van der Waals surface area (Å²) in [7, 11) is 0. The summed E-state index contributed by atoms with van der Waals surface area (Å²) in [5.41, 5.74) is 3.01. The fourth-order valence-electron chi connectivity index (χ4n) is 1.96. The minimum atomic E-state index is -0.531. The van der Waals surface area contributed by atoms with Crippen molar-refractivity contribution in [2.75, 3.05) is 11.9 Å². The Hall–Kier alpha value is -3.75. The molecule has 9 nitrogen and oxygen atoms in total. The quantitative estimate of drug-likeness (QED) is 0.447. The van der Waals surface area contributed by atoms with Crippen molar-refractivity contribution in [2.24, 2.45) is 5.10 Å². The normalized spacial score (nSPS) is 10.3. The lowest BCUT2D eigenvalue weighted by Gasteiger charge is -2.06. The molecule has 2 amide bonds. The third-order valence-electron chi connectivity index (χ3n) is 3.07. The second-order valence-corrected chi connectivity index (χ2v) is 5.10. The number of hydrogen-bond donors (Lipinski definition) is 2. The van der Waals surface area contributed by atoms with Crippen molar-refractivity contribution in [1.82, 2.24) is 5.43 Å². The monoisotopic (exact) mass is 356 g/mol. The summed E-state index contributed by atoms with van der Waals surface area (Å²) in [6.07, 6.45) is 1.19. The zero-order valence-corrected chi connectivity index (χ0v) is 13.8. The fraction of sp³-hybridized carbons (Fsp3) is 0.118. The Morgan fingerprint density at radius 1 is 1.19 bits per heavy atom. The molecule has 0 saturated heterocycles. The molecule has 0 radical (unpaired) electrons. The number of amides is 2. The van der Waals surface area contributed by atoms with Crippen LogP contribution in [0.3, 0.4) is 0 Å². The van der Waals surface area contributed by atoms with Crippen LogP contribution in [0.4, 0.5) is 11.4 Å². The number of nitrogens with zero attached hydrogens (tertiary/aromatic N) is 2. The minimum absolute atomic E-state index is 0.110. The molecule has 2 aromatic rings.